The molecule has 0 heterocycles. The van der Waals surface area contributed by atoms with E-state index in [1.807, 2.05) is 38.1 Å². The normalized spacial score (nSPS) is 11.9. The molecular weight excluding hydrogens is 383 g/mol. The lowest BCUT2D eigenvalue weighted by Crippen LogP contribution is -2.49. The monoisotopic (exact) mass is 406 g/mol. The molecule has 27 heavy (non-hydrogen) atoms. The SMILES string of the molecule is CC(C)NC(=O)C(C)N(Cc1ccccc1Cl)C(=O)Cc1cccc(Cl)c1. The maximum Gasteiger partial charge on any atom is 0.242 e. The Labute approximate surface area is 170 Å². The van der Waals surface area contributed by atoms with E-state index in [0.717, 1.165) is 11.1 Å². The molecule has 0 aliphatic rings. The van der Waals surface area contributed by atoms with Crippen LogP contribution in [-0.2, 0) is 22.6 Å². The van der Waals surface area contributed by atoms with Crippen molar-refractivity contribution >= 4 is 35.0 Å². The summed E-state index contributed by atoms with van der Waals surface area (Å²) < 4.78 is 0. The smallest absolute Gasteiger partial charge is 0.242 e. The molecule has 144 valence electrons. The van der Waals surface area contributed by atoms with Crippen molar-refractivity contribution in [1.82, 2.24) is 10.2 Å². The summed E-state index contributed by atoms with van der Waals surface area (Å²) in [7, 11) is 0. The highest BCUT2D eigenvalue weighted by molar-refractivity contribution is 6.31. The standard InChI is InChI=1S/C21H24Cl2N2O2/c1-14(2)24-21(27)15(3)25(13-17-8-4-5-10-19(17)23)20(26)12-16-7-6-9-18(22)11-16/h4-11,14-15H,12-13H2,1-3H3,(H,24,27). The second-order valence-electron chi connectivity index (χ2n) is 6.76. The summed E-state index contributed by atoms with van der Waals surface area (Å²) in [6.45, 7) is 5.75. The third kappa shape index (κ3) is 6.26. The van der Waals surface area contributed by atoms with Gasteiger partial charge in [0.15, 0.2) is 0 Å². The highest BCUT2D eigenvalue weighted by Crippen LogP contribution is 2.20. The molecule has 0 saturated carbocycles. The molecule has 0 aromatic heterocycles. The highest BCUT2D eigenvalue weighted by Gasteiger charge is 2.27. The van der Waals surface area contributed by atoms with Gasteiger partial charge in [-0.25, -0.2) is 0 Å². The molecule has 1 atom stereocenters. The Bertz CT molecular complexity index is 808. The van der Waals surface area contributed by atoms with Crippen molar-refractivity contribution in [3.8, 4) is 0 Å². The molecule has 0 aliphatic heterocycles. The first-order valence-corrected chi connectivity index (χ1v) is 9.61. The van der Waals surface area contributed by atoms with Crippen molar-refractivity contribution in [2.75, 3.05) is 0 Å². The first-order valence-electron chi connectivity index (χ1n) is 8.85. The molecule has 0 saturated heterocycles. The maximum absolute atomic E-state index is 13.0. The van der Waals surface area contributed by atoms with E-state index in [2.05, 4.69) is 5.32 Å². The number of hydrogen-bond donors (Lipinski definition) is 1. The minimum Gasteiger partial charge on any atom is -0.352 e. The van der Waals surface area contributed by atoms with Crippen LogP contribution in [0, 0.1) is 0 Å². The molecule has 0 spiro atoms. The molecule has 4 nitrogen and oxygen atoms in total. The maximum atomic E-state index is 13.0. The Kier molecular flexibility index (Phi) is 7.69. The Hall–Kier alpha value is -2.04. The predicted octanol–water partition coefficient (Wildman–Crippen LogP) is 4.48. The van der Waals surface area contributed by atoms with Gasteiger partial charge in [0.05, 0.1) is 6.42 Å². The number of rotatable bonds is 7. The number of amides is 2. The third-order valence-electron chi connectivity index (χ3n) is 4.14. The van der Waals surface area contributed by atoms with Crippen LogP contribution in [0.3, 0.4) is 0 Å². The van der Waals surface area contributed by atoms with E-state index in [-0.39, 0.29) is 30.8 Å². The number of halogens is 2. The van der Waals surface area contributed by atoms with Gasteiger partial charge in [-0.05, 0) is 50.1 Å². The fraction of sp³-hybridized carbons (Fsp3) is 0.333. The van der Waals surface area contributed by atoms with Gasteiger partial charge in [-0.15, -0.1) is 0 Å². The summed E-state index contributed by atoms with van der Waals surface area (Å²) in [5.41, 5.74) is 1.59. The summed E-state index contributed by atoms with van der Waals surface area (Å²) in [5.74, 6) is -0.361. The predicted molar refractivity (Wildman–Crippen MR) is 110 cm³/mol. The van der Waals surface area contributed by atoms with E-state index in [0.29, 0.717) is 10.0 Å². The lowest BCUT2D eigenvalue weighted by atomic mass is 10.1. The summed E-state index contributed by atoms with van der Waals surface area (Å²) in [6, 6.07) is 13.8. The van der Waals surface area contributed by atoms with Crippen LogP contribution >= 0.6 is 23.2 Å². The van der Waals surface area contributed by atoms with Gasteiger partial charge in [0.2, 0.25) is 11.8 Å². The lowest BCUT2D eigenvalue weighted by Gasteiger charge is -2.29. The van der Waals surface area contributed by atoms with Crippen molar-refractivity contribution in [2.24, 2.45) is 0 Å². The van der Waals surface area contributed by atoms with E-state index < -0.39 is 6.04 Å². The quantitative estimate of drug-likeness (QED) is 0.736. The average molecular weight is 407 g/mol. The van der Waals surface area contributed by atoms with Crippen molar-refractivity contribution in [1.29, 1.82) is 0 Å². The fourth-order valence-electron chi connectivity index (χ4n) is 2.72. The minimum absolute atomic E-state index is 0.00912. The van der Waals surface area contributed by atoms with E-state index in [1.165, 1.54) is 0 Å². The van der Waals surface area contributed by atoms with E-state index in [1.54, 1.807) is 36.1 Å². The van der Waals surface area contributed by atoms with Crippen molar-refractivity contribution in [3.63, 3.8) is 0 Å². The number of carbonyl (C=O) groups is 2. The second-order valence-corrected chi connectivity index (χ2v) is 7.60. The van der Waals surface area contributed by atoms with Crippen LogP contribution in [0.15, 0.2) is 48.5 Å². The largest absolute Gasteiger partial charge is 0.352 e. The zero-order valence-electron chi connectivity index (χ0n) is 15.7. The molecule has 6 heteroatoms. The van der Waals surface area contributed by atoms with Gasteiger partial charge >= 0.3 is 0 Å². The Morgan fingerprint density at radius 3 is 2.37 bits per heavy atom. The van der Waals surface area contributed by atoms with Crippen LogP contribution in [0.1, 0.15) is 31.9 Å². The summed E-state index contributed by atoms with van der Waals surface area (Å²) in [5, 5.41) is 4.00. The van der Waals surface area contributed by atoms with Gasteiger partial charge in [0.25, 0.3) is 0 Å². The van der Waals surface area contributed by atoms with E-state index in [4.69, 9.17) is 23.2 Å². The van der Waals surface area contributed by atoms with Crippen molar-refractivity contribution in [3.05, 3.63) is 69.7 Å². The van der Waals surface area contributed by atoms with E-state index in [9.17, 15) is 9.59 Å². The van der Waals surface area contributed by atoms with Crippen LogP contribution in [0.2, 0.25) is 10.0 Å². The topological polar surface area (TPSA) is 49.4 Å². The zero-order chi connectivity index (χ0) is 20.0. The van der Waals surface area contributed by atoms with Crippen LogP contribution in [0.4, 0.5) is 0 Å². The molecular formula is C21H24Cl2N2O2. The van der Waals surface area contributed by atoms with Crippen LogP contribution < -0.4 is 5.32 Å². The van der Waals surface area contributed by atoms with Gasteiger partial charge in [-0.2, -0.15) is 0 Å². The van der Waals surface area contributed by atoms with Gasteiger partial charge in [-0.3, -0.25) is 9.59 Å². The molecule has 0 aliphatic carbocycles. The summed E-state index contributed by atoms with van der Waals surface area (Å²) >= 11 is 12.3. The van der Waals surface area contributed by atoms with Gasteiger partial charge in [0.1, 0.15) is 6.04 Å². The van der Waals surface area contributed by atoms with Gasteiger partial charge in [0, 0.05) is 22.6 Å². The molecule has 1 N–H and O–H groups in total. The van der Waals surface area contributed by atoms with Crippen molar-refractivity contribution in [2.45, 2.75) is 45.8 Å². The Morgan fingerprint density at radius 1 is 1.04 bits per heavy atom. The van der Waals surface area contributed by atoms with E-state index >= 15 is 0 Å². The Morgan fingerprint density at radius 2 is 1.74 bits per heavy atom. The van der Waals surface area contributed by atoms with Crippen LogP contribution in [0.25, 0.3) is 0 Å². The van der Waals surface area contributed by atoms with Crippen LogP contribution in [-0.4, -0.2) is 28.8 Å². The van der Waals surface area contributed by atoms with Gasteiger partial charge in [-0.1, -0.05) is 53.5 Å². The molecule has 2 rings (SSSR count). The first-order chi connectivity index (χ1) is 12.8. The minimum atomic E-state index is -0.629. The van der Waals surface area contributed by atoms with Gasteiger partial charge < -0.3 is 10.2 Å². The first kappa shape index (κ1) is 21.3. The van der Waals surface area contributed by atoms with Crippen LogP contribution in [0.5, 0.6) is 0 Å². The molecule has 1 unspecified atom stereocenters. The second kappa shape index (κ2) is 9.77. The molecule has 2 aromatic carbocycles. The molecule has 2 amide bonds. The number of nitrogens with zero attached hydrogens (tertiary/aromatic N) is 1. The average Bonchev–Trinajstić information content (AvgIpc) is 2.59. The highest BCUT2D eigenvalue weighted by atomic mass is 35.5. The number of nitrogens with one attached hydrogen (secondary N) is 1. The number of benzene rings is 2. The molecule has 2 aromatic rings. The summed E-state index contributed by atoms with van der Waals surface area (Å²) in [6.07, 6.45) is 0.157. The lowest BCUT2D eigenvalue weighted by molar-refractivity contribution is -0.140. The molecule has 0 fully saturated rings. The third-order valence-corrected chi connectivity index (χ3v) is 4.74. The number of hydrogen-bond acceptors (Lipinski definition) is 2. The molecule has 0 bridgehead atoms. The zero-order valence-corrected chi connectivity index (χ0v) is 17.2. The fourth-order valence-corrected chi connectivity index (χ4v) is 3.13. The molecule has 0 radical (unpaired) electrons. The number of carbonyl (C=O) groups excluding carboxylic acids is 2. The summed E-state index contributed by atoms with van der Waals surface area (Å²) in [4.78, 5) is 27.1. The van der Waals surface area contributed by atoms with Crippen molar-refractivity contribution < 1.29 is 9.59 Å². The Balaban J connectivity index is 2.26.